The quantitative estimate of drug-likeness (QED) is 0.398. The summed E-state index contributed by atoms with van der Waals surface area (Å²) in [4.78, 5) is 11.5. The maximum atomic E-state index is 11.5. The Morgan fingerprint density at radius 2 is 1.61 bits per heavy atom. The zero-order chi connectivity index (χ0) is 22.4. The van der Waals surface area contributed by atoms with Gasteiger partial charge in [-0.05, 0) is 110 Å². The summed E-state index contributed by atoms with van der Waals surface area (Å²) < 4.78 is 5.65. The van der Waals surface area contributed by atoms with Crippen LogP contribution in [0.3, 0.4) is 0 Å². The SMILES string of the molecule is CC(=O)O[C@@H]1CC[C@@]2(C)[C@@H](CC[C@@H]3[C@H]2CC[C@@]2(C)[C@@H]3CC[C@H]2[C@H](C)CCCC(C)C)C1. The van der Waals surface area contributed by atoms with Gasteiger partial charge in [-0.3, -0.25) is 4.79 Å². The van der Waals surface area contributed by atoms with Crippen molar-refractivity contribution in [3.05, 3.63) is 0 Å². The van der Waals surface area contributed by atoms with Crippen LogP contribution in [0.15, 0.2) is 0 Å². The summed E-state index contributed by atoms with van der Waals surface area (Å²) in [7, 11) is 0. The fraction of sp³-hybridized carbons (Fsp3) is 0.966. The first-order valence-corrected chi connectivity index (χ1v) is 13.8. The zero-order valence-corrected chi connectivity index (χ0v) is 21.4. The number of carbonyl (C=O) groups excluding carboxylic acids is 1. The Morgan fingerprint density at radius 3 is 2.32 bits per heavy atom. The molecule has 178 valence electrons. The summed E-state index contributed by atoms with van der Waals surface area (Å²) in [6.45, 7) is 14.2. The van der Waals surface area contributed by atoms with Gasteiger partial charge < -0.3 is 4.74 Å². The van der Waals surface area contributed by atoms with Crippen molar-refractivity contribution in [1.82, 2.24) is 0 Å². The van der Waals surface area contributed by atoms with Crippen LogP contribution in [0, 0.1) is 52.3 Å². The van der Waals surface area contributed by atoms with Crippen molar-refractivity contribution in [2.75, 3.05) is 0 Å². The molecular weight excluding hydrogens is 380 g/mol. The summed E-state index contributed by atoms with van der Waals surface area (Å²) in [6, 6.07) is 0. The van der Waals surface area contributed by atoms with Crippen molar-refractivity contribution in [3.8, 4) is 0 Å². The molecule has 0 aromatic carbocycles. The van der Waals surface area contributed by atoms with E-state index >= 15 is 0 Å². The molecular formula is C29H50O2. The van der Waals surface area contributed by atoms with Crippen LogP contribution in [0.2, 0.25) is 0 Å². The van der Waals surface area contributed by atoms with Crippen molar-refractivity contribution in [3.63, 3.8) is 0 Å². The zero-order valence-electron chi connectivity index (χ0n) is 21.4. The van der Waals surface area contributed by atoms with E-state index in [0.717, 1.165) is 54.3 Å². The van der Waals surface area contributed by atoms with E-state index in [4.69, 9.17) is 4.74 Å². The van der Waals surface area contributed by atoms with Gasteiger partial charge in [0.15, 0.2) is 0 Å². The summed E-state index contributed by atoms with van der Waals surface area (Å²) in [6.07, 6.45) is 16.6. The molecule has 0 saturated heterocycles. The van der Waals surface area contributed by atoms with E-state index in [9.17, 15) is 4.79 Å². The number of hydrogen-bond acceptors (Lipinski definition) is 2. The summed E-state index contributed by atoms with van der Waals surface area (Å²) in [5.41, 5.74) is 1.08. The molecule has 4 rings (SSSR count). The molecule has 2 heteroatoms. The monoisotopic (exact) mass is 430 g/mol. The van der Waals surface area contributed by atoms with Gasteiger partial charge in [-0.2, -0.15) is 0 Å². The highest BCUT2D eigenvalue weighted by Gasteiger charge is 2.60. The molecule has 4 saturated carbocycles. The molecule has 0 aromatic rings. The lowest BCUT2D eigenvalue weighted by Gasteiger charge is -2.61. The minimum Gasteiger partial charge on any atom is -0.463 e. The van der Waals surface area contributed by atoms with Gasteiger partial charge in [0, 0.05) is 6.92 Å². The van der Waals surface area contributed by atoms with E-state index in [1.807, 2.05) is 0 Å². The molecule has 0 bridgehead atoms. The smallest absolute Gasteiger partial charge is 0.302 e. The lowest BCUT2D eigenvalue weighted by Crippen LogP contribution is -2.54. The van der Waals surface area contributed by atoms with Crippen LogP contribution in [0.4, 0.5) is 0 Å². The molecule has 0 spiro atoms. The lowest BCUT2D eigenvalue weighted by molar-refractivity contribution is -0.160. The molecule has 4 aliphatic carbocycles. The fourth-order valence-electron chi connectivity index (χ4n) is 9.59. The largest absolute Gasteiger partial charge is 0.463 e. The second-order valence-corrected chi connectivity index (χ2v) is 13.2. The number of fused-ring (bicyclic) bond motifs is 5. The Bertz CT molecular complexity index is 641. The molecule has 31 heavy (non-hydrogen) atoms. The number of ether oxygens (including phenoxy) is 1. The van der Waals surface area contributed by atoms with Gasteiger partial charge in [0.1, 0.15) is 6.10 Å². The van der Waals surface area contributed by atoms with Gasteiger partial charge in [0.2, 0.25) is 0 Å². The first-order valence-electron chi connectivity index (χ1n) is 13.8. The van der Waals surface area contributed by atoms with Crippen LogP contribution < -0.4 is 0 Å². The number of rotatable bonds is 6. The van der Waals surface area contributed by atoms with E-state index in [1.54, 1.807) is 6.92 Å². The highest BCUT2D eigenvalue weighted by Crippen LogP contribution is 2.68. The van der Waals surface area contributed by atoms with Gasteiger partial charge in [0.05, 0.1) is 0 Å². The van der Waals surface area contributed by atoms with E-state index in [2.05, 4.69) is 34.6 Å². The molecule has 0 unspecified atom stereocenters. The van der Waals surface area contributed by atoms with Crippen LogP contribution in [-0.4, -0.2) is 12.1 Å². The third kappa shape index (κ3) is 4.35. The topological polar surface area (TPSA) is 26.3 Å². The van der Waals surface area contributed by atoms with E-state index < -0.39 is 0 Å². The Balaban J connectivity index is 1.43. The first-order chi connectivity index (χ1) is 14.6. The minimum absolute atomic E-state index is 0.0877. The highest BCUT2D eigenvalue weighted by atomic mass is 16.5. The van der Waals surface area contributed by atoms with Crippen molar-refractivity contribution in [2.24, 2.45) is 52.3 Å². The minimum atomic E-state index is -0.0877. The van der Waals surface area contributed by atoms with Crippen LogP contribution in [0.1, 0.15) is 119 Å². The summed E-state index contributed by atoms with van der Waals surface area (Å²) >= 11 is 0. The van der Waals surface area contributed by atoms with Crippen molar-refractivity contribution in [1.29, 1.82) is 0 Å². The van der Waals surface area contributed by atoms with Gasteiger partial charge in [0.25, 0.3) is 0 Å². The van der Waals surface area contributed by atoms with Gasteiger partial charge in [-0.15, -0.1) is 0 Å². The number of hydrogen-bond donors (Lipinski definition) is 0. The second kappa shape index (κ2) is 9.02. The molecule has 0 heterocycles. The molecule has 4 aliphatic rings. The predicted octanol–water partition coefficient (Wildman–Crippen LogP) is 8.04. The number of esters is 1. The maximum Gasteiger partial charge on any atom is 0.302 e. The van der Waals surface area contributed by atoms with Crippen LogP contribution in [-0.2, 0) is 9.53 Å². The Kier molecular flexibility index (Phi) is 6.87. The van der Waals surface area contributed by atoms with Crippen molar-refractivity contribution in [2.45, 2.75) is 125 Å². The van der Waals surface area contributed by atoms with Crippen LogP contribution >= 0.6 is 0 Å². The Labute approximate surface area is 192 Å². The van der Waals surface area contributed by atoms with Crippen LogP contribution in [0.5, 0.6) is 0 Å². The van der Waals surface area contributed by atoms with E-state index in [0.29, 0.717) is 10.8 Å². The van der Waals surface area contributed by atoms with Gasteiger partial charge in [-0.1, -0.05) is 53.9 Å². The van der Waals surface area contributed by atoms with Crippen molar-refractivity contribution >= 4 is 5.97 Å². The molecule has 0 aromatic heterocycles. The average Bonchev–Trinajstić information content (AvgIpc) is 3.05. The fourth-order valence-corrected chi connectivity index (χ4v) is 9.59. The Hall–Kier alpha value is -0.530. The predicted molar refractivity (Wildman–Crippen MR) is 129 cm³/mol. The number of carbonyl (C=O) groups is 1. The summed E-state index contributed by atoms with van der Waals surface area (Å²) in [5.74, 6) is 6.22. The normalized spacial score (nSPS) is 45.5. The van der Waals surface area contributed by atoms with E-state index in [1.165, 1.54) is 64.2 Å². The molecule has 0 aliphatic heterocycles. The molecule has 0 N–H and O–H groups in total. The third-order valence-electron chi connectivity index (χ3n) is 11.2. The molecule has 0 radical (unpaired) electrons. The molecule has 9 atom stereocenters. The highest BCUT2D eigenvalue weighted by molar-refractivity contribution is 5.66. The second-order valence-electron chi connectivity index (χ2n) is 13.2. The van der Waals surface area contributed by atoms with E-state index in [-0.39, 0.29) is 12.1 Å². The molecule has 4 fully saturated rings. The molecule has 0 amide bonds. The molecule has 2 nitrogen and oxygen atoms in total. The third-order valence-corrected chi connectivity index (χ3v) is 11.2. The van der Waals surface area contributed by atoms with Gasteiger partial charge in [-0.25, -0.2) is 0 Å². The average molecular weight is 431 g/mol. The van der Waals surface area contributed by atoms with Gasteiger partial charge >= 0.3 is 5.97 Å². The lowest BCUT2D eigenvalue weighted by atomic mass is 9.44. The maximum absolute atomic E-state index is 11.5. The standard InChI is InChI=1S/C29H50O2/c1-19(2)8-7-9-20(3)25-12-13-26-24-11-10-22-18-23(31-21(4)30)14-16-28(22,5)27(24)15-17-29(25,26)6/h19-20,22-27H,7-18H2,1-6H3/t20-,22+,23-,24+,25+,26-,27-,28+,29-/m1/s1. The van der Waals surface area contributed by atoms with Crippen LogP contribution in [0.25, 0.3) is 0 Å². The first kappa shape index (κ1) is 23.6. The Morgan fingerprint density at radius 1 is 0.903 bits per heavy atom. The summed E-state index contributed by atoms with van der Waals surface area (Å²) in [5, 5.41) is 0. The van der Waals surface area contributed by atoms with Crippen molar-refractivity contribution < 1.29 is 9.53 Å².